The molecule has 4 heterocycles. The minimum atomic E-state index is -0.0540. The third-order valence-electron chi connectivity index (χ3n) is 12.6. The van der Waals surface area contributed by atoms with E-state index in [-0.39, 0.29) is 17.7 Å². The molecule has 3 aliphatic rings. The second kappa shape index (κ2) is 9.31. The minimum absolute atomic E-state index is 0.0540. The Morgan fingerprint density at radius 3 is 2.14 bits per heavy atom. The Bertz CT molecular complexity index is 2810. The molecule has 8 aromatic rings. The van der Waals surface area contributed by atoms with Crippen LogP contribution in [0.25, 0.3) is 54.9 Å². The van der Waals surface area contributed by atoms with Crippen LogP contribution in [0, 0.1) is 13.8 Å². The van der Waals surface area contributed by atoms with Gasteiger partial charge in [0.2, 0.25) is 0 Å². The molecule has 0 saturated carbocycles. The van der Waals surface area contributed by atoms with E-state index in [2.05, 4.69) is 154 Å². The van der Waals surface area contributed by atoms with Crippen LogP contribution in [-0.2, 0) is 10.8 Å². The van der Waals surface area contributed by atoms with Gasteiger partial charge in [-0.2, -0.15) is 0 Å². The van der Waals surface area contributed by atoms with Gasteiger partial charge in [-0.3, -0.25) is 0 Å². The van der Waals surface area contributed by atoms with Gasteiger partial charge >= 0.3 is 6.85 Å². The average molecular weight is 647 g/mol. The quantitative estimate of drug-likeness (QED) is 0.166. The molecule has 4 heteroatoms. The summed E-state index contributed by atoms with van der Waals surface area (Å²) in [6, 6.07) is 39.0. The van der Waals surface area contributed by atoms with Crippen molar-refractivity contribution in [2.24, 2.45) is 0 Å². The van der Waals surface area contributed by atoms with E-state index >= 15 is 0 Å². The van der Waals surface area contributed by atoms with Crippen molar-refractivity contribution in [2.75, 3.05) is 4.90 Å². The predicted octanol–water partition coefficient (Wildman–Crippen LogP) is 11.1. The molecule has 0 fully saturated rings. The van der Waals surface area contributed by atoms with Gasteiger partial charge in [0.05, 0.1) is 0 Å². The zero-order valence-electron chi connectivity index (χ0n) is 29.6. The molecule has 0 radical (unpaired) electrons. The van der Waals surface area contributed by atoms with Gasteiger partial charge in [-0.15, -0.1) is 0 Å². The van der Waals surface area contributed by atoms with E-state index in [1.807, 2.05) is 0 Å². The SMILES string of the molecule is Cc1cc2c3c(c1)N(c1cc4c(cc1C)C(C)(C)CCC4(C)C)c1ccc4c(oc5ccccc54)c1B3n1c3ccccc3c3cccc-2c31. The number of rotatable bonds is 1. The van der Waals surface area contributed by atoms with Crippen LogP contribution in [0.3, 0.4) is 0 Å². The maximum absolute atomic E-state index is 6.98. The van der Waals surface area contributed by atoms with Gasteiger partial charge in [-0.25, -0.2) is 0 Å². The highest BCUT2D eigenvalue weighted by atomic mass is 16.3. The van der Waals surface area contributed by atoms with E-state index in [1.54, 1.807) is 0 Å². The van der Waals surface area contributed by atoms with Crippen LogP contribution in [0.15, 0.2) is 108 Å². The third-order valence-corrected chi connectivity index (χ3v) is 12.6. The summed E-state index contributed by atoms with van der Waals surface area (Å²) in [5.74, 6) is 0. The molecular weight excluding hydrogens is 607 g/mol. The third kappa shape index (κ3) is 3.47. The second-order valence-electron chi connectivity index (χ2n) is 16.5. The molecule has 1 aliphatic carbocycles. The summed E-state index contributed by atoms with van der Waals surface area (Å²) in [4.78, 5) is 2.59. The maximum Gasteiger partial charge on any atom is 0.337 e. The van der Waals surface area contributed by atoms with Crippen molar-refractivity contribution >= 4 is 78.6 Å². The fraction of sp³-hybridized carbons (Fsp3) is 0.217. The molecule has 0 N–H and O–H groups in total. The van der Waals surface area contributed by atoms with Crippen molar-refractivity contribution in [1.82, 2.24) is 4.48 Å². The summed E-state index contributed by atoms with van der Waals surface area (Å²) < 4.78 is 9.62. The smallest absolute Gasteiger partial charge is 0.337 e. The molecule has 6 aromatic carbocycles. The van der Waals surface area contributed by atoms with Crippen LogP contribution in [0.4, 0.5) is 17.1 Å². The molecule has 3 nitrogen and oxygen atoms in total. The average Bonchev–Trinajstić information content (AvgIpc) is 3.65. The van der Waals surface area contributed by atoms with E-state index in [4.69, 9.17) is 4.42 Å². The van der Waals surface area contributed by atoms with E-state index in [0.717, 1.165) is 11.2 Å². The van der Waals surface area contributed by atoms with Crippen LogP contribution >= 0.6 is 0 Å². The van der Waals surface area contributed by atoms with Gasteiger partial charge < -0.3 is 13.8 Å². The molecular formula is C46H39BN2O. The van der Waals surface area contributed by atoms with Gasteiger partial charge in [-0.1, -0.05) is 94.4 Å². The van der Waals surface area contributed by atoms with Crippen molar-refractivity contribution in [3.05, 3.63) is 125 Å². The monoisotopic (exact) mass is 646 g/mol. The summed E-state index contributed by atoms with van der Waals surface area (Å²) >= 11 is 0. The Kier molecular flexibility index (Phi) is 5.33. The molecule has 50 heavy (non-hydrogen) atoms. The number of hydrogen-bond acceptors (Lipinski definition) is 2. The van der Waals surface area contributed by atoms with Crippen LogP contribution < -0.4 is 15.8 Å². The number of aromatic nitrogens is 1. The Morgan fingerprint density at radius 2 is 1.32 bits per heavy atom. The molecule has 0 spiro atoms. The lowest BCUT2D eigenvalue weighted by Gasteiger charge is -2.44. The number of anilines is 3. The lowest BCUT2D eigenvalue weighted by Crippen LogP contribution is -2.57. The molecule has 2 aliphatic heterocycles. The molecule has 0 amide bonds. The molecule has 0 unspecified atom stereocenters. The largest absolute Gasteiger partial charge is 0.456 e. The first-order valence-corrected chi connectivity index (χ1v) is 18.2. The molecule has 11 rings (SSSR count). The molecule has 0 saturated heterocycles. The molecule has 0 atom stereocenters. The normalized spacial score (nSPS) is 16.7. The highest BCUT2D eigenvalue weighted by Crippen LogP contribution is 2.51. The summed E-state index contributed by atoms with van der Waals surface area (Å²) in [5.41, 5.74) is 19.3. The maximum atomic E-state index is 6.98. The first-order chi connectivity index (χ1) is 24.1. The number of hydrogen-bond donors (Lipinski definition) is 0. The number of furan rings is 1. The Labute approximate surface area is 293 Å². The fourth-order valence-corrected chi connectivity index (χ4v) is 10.0. The summed E-state index contributed by atoms with van der Waals surface area (Å²) in [6.07, 6.45) is 2.38. The van der Waals surface area contributed by atoms with Crippen molar-refractivity contribution in [1.29, 1.82) is 0 Å². The van der Waals surface area contributed by atoms with Crippen molar-refractivity contribution in [3.63, 3.8) is 0 Å². The topological polar surface area (TPSA) is 21.3 Å². The number of aryl methyl sites for hydroxylation is 2. The Morgan fingerprint density at radius 1 is 0.600 bits per heavy atom. The van der Waals surface area contributed by atoms with Crippen LogP contribution in [0.5, 0.6) is 0 Å². The van der Waals surface area contributed by atoms with Crippen molar-refractivity contribution < 1.29 is 4.42 Å². The zero-order valence-corrected chi connectivity index (χ0v) is 29.6. The van der Waals surface area contributed by atoms with Crippen LogP contribution in [0.2, 0.25) is 0 Å². The standard InChI is InChI=1S/C46H39BN2O/c1-26-22-33-31-15-11-14-30-28-12-7-9-16-36(28)49(43(30)31)47-41(33)39(23-26)48(37-19-18-32-29-13-8-10-17-40(29)50-44(32)42(37)47)38-25-35-34(24-27(38)2)45(3,4)20-21-46(35,5)6/h7-19,22-25H,20-21H2,1-6H3. The lowest BCUT2D eigenvalue weighted by molar-refractivity contribution is 0.332. The first-order valence-electron chi connectivity index (χ1n) is 18.2. The zero-order chi connectivity index (χ0) is 33.8. The fourth-order valence-electron chi connectivity index (χ4n) is 10.0. The minimum Gasteiger partial charge on any atom is -0.456 e. The molecule has 2 aromatic heterocycles. The second-order valence-corrected chi connectivity index (χ2v) is 16.5. The van der Waals surface area contributed by atoms with E-state index < -0.39 is 0 Å². The lowest BCUT2D eigenvalue weighted by atomic mass is 9.44. The Hall–Kier alpha value is -5.22. The van der Waals surface area contributed by atoms with Gasteiger partial charge in [0.1, 0.15) is 11.2 Å². The molecule has 0 bridgehead atoms. The predicted molar refractivity (Wildman–Crippen MR) is 212 cm³/mol. The van der Waals surface area contributed by atoms with Gasteiger partial charge in [0.15, 0.2) is 0 Å². The van der Waals surface area contributed by atoms with E-state index in [1.165, 1.54) is 107 Å². The van der Waals surface area contributed by atoms with E-state index in [9.17, 15) is 0 Å². The highest BCUT2D eigenvalue weighted by molar-refractivity contribution is 6.91. The van der Waals surface area contributed by atoms with Crippen LogP contribution in [-0.4, -0.2) is 11.3 Å². The van der Waals surface area contributed by atoms with Crippen LogP contribution in [0.1, 0.15) is 62.8 Å². The number of fused-ring (bicyclic) bond motifs is 12. The van der Waals surface area contributed by atoms with E-state index in [0.29, 0.717) is 0 Å². The van der Waals surface area contributed by atoms with Gasteiger partial charge in [0.25, 0.3) is 0 Å². The van der Waals surface area contributed by atoms with Gasteiger partial charge in [-0.05, 0) is 107 Å². The number of nitrogens with zero attached hydrogens (tertiary/aromatic N) is 2. The number of para-hydroxylation sites is 3. The highest BCUT2D eigenvalue weighted by Gasteiger charge is 2.46. The Balaban J connectivity index is 1.33. The number of benzene rings is 6. The first kappa shape index (κ1) is 28.6. The van der Waals surface area contributed by atoms with Crippen molar-refractivity contribution in [2.45, 2.75) is 65.2 Å². The van der Waals surface area contributed by atoms with Gasteiger partial charge in [0, 0.05) is 60.7 Å². The summed E-state index contributed by atoms with van der Waals surface area (Å²) in [5, 5.41) is 4.95. The molecule has 242 valence electrons. The van der Waals surface area contributed by atoms with Crippen molar-refractivity contribution in [3.8, 4) is 11.1 Å². The summed E-state index contributed by atoms with van der Waals surface area (Å²) in [7, 11) is 0. The summed E-state index contributed by atoms with van der Waals surface area (Å²) in [6.45, 7) is 14.3.